The molecule has 0 aliphatic carbocycles. The summed E-state index contributed by atoms with van der Waals surface area (Å²) >= 11 is 6.28. The second kappa shape index (κ2) is 10.1. The van der Waals surface area contributed by atoms with E-state index in [1.807, 2.05) is 57.2 Å². The molecule has 0 bridgehead atoms. The van der Waals surface area contributed by atoms with Gasteiger partial charge in [0.2, 0.25) is 5.91 Å². The van der Waals surface area contributed by atoms with E-state index >= 15 is 0 Å². The molecule has 5 nitrogen and oxygen atoms in total. The van der Waals surface area contributed by atoms with E-state index in [1.54, 1.807) is 13.1 Å². The van der Waals surface area contributed by atoms with Crippen molar-refractivity contribution in [1.29, 1.82) is 0 Å². The fraction of sp³-hybridized carbons (Fsp3) is 0.364. The Bertz CT molecular complexity index is 838. The molecule has 2 rings (SSSR count). The highest BCUT2D eigenvalue weighted by Crippen LogP contribution is 2.22. The van der Waals surface area contributed by atoms with E-state index in [0.717, 1.165) is 16.7 Å². The number of ether oxygens (including phenoxy) is 1. The number of carbonyl (C=O) groups excluding carboxylic acids is 2. The molecule has 28 heavy (non-hydrogen) atoms. The van der Waals surface area contributed by atoms with Gasteiger partial charge in [-0.25, -0.2) is 0 Å². The number of nitrogens with one attached hydrogen (secondary N) is 1. The summed E-state index contributed by atoms with van der Waals surface area (Å²) in [6, 6.07) is 12.4. The molecule has 0 aromatic heterocycles. The van der Waals surface area contributed by atoms with E-state index in [-0.39, 0.29) is 25.0 Å². The van der Waals surface area contributed by atoms with E-state index in [4.69, 9.17) is 16.3 Å². The van der Waals surface area contributed by atoms with Gasteiger partial charge in [-0.3, -0.25) is 9.59 Å². The molecule has 0 aliphatic rings. The Labute approximate surface area is 171 Å². The van der Waals surface area contributed by atoms with Crippen LogP contribution in [0.15, 0.2) is 42.5 Å². The van der Waals surface area contributed by atoms with Crippen molar-refractivity contribution in [3.05, 3.63) is 64.2 Å². The number of carbonyl (C=O) groups is 2. The number of aryl methyl sites for hydroxylation is 1. The van der Waals surface area contributed by atoms with Gasteiger partial charge in [0, 0.05) is 18.6 Å². The monoisotopic (exact) mass is 402 g/mol. The number of halogens is 1. The highest BCUT2D eigenvalue weighted by atomic mass is 35.5. The molecule has 0 saturated heterocycles. The van der Waals surface area contributed by atoms with E-state index in [9.17, 15) is 9.59 Å². The Hall–Kier alpha value is -2.53. The van der Waals surface area contributed by atoms with Crippen LogP contribution in [0, 0.1) is 13.8 Å². The fourth-order valence-corrected chi connectivity index (χ4v) is 3.19. The van der Waals surface area contributed by atoms with Gasteiger partial charge in [0.15, 0.2) is 6.61 Å². The van der Waals surface area contributed by atoms with Crippen LogP contribution in [0.4, 0.5) is 0 Å². The third kappa shape index (κ3) is 5.26. The summed E-state index contributed by atoms with van der Waals surface area (Å²) < 4.78 is 5.78. The van der Waals surface area contributed by atoms with Crippen molar-refractivity contribution < 1.29 is 14.3 Å². The van der Waals surface area contributed by atoms with Crippen LogP contribution < -0.4 is 10.1 Å². The van der Waals surface area contributed by atoms with Crippen LogP contribution >= 0.6 is 11.6 Å². The Morgan fingerprint density at radius 2 is 1.86 bits per heavy atom. The van der Waals surface area contributed by atoms with E-state index in [1.165, 1.54) is 4.90 Å². The SMILES string of the molecule is CC[C@@H](C(=O)NC)N(Cc1ccccc1Cl)C(=O)COc1cccc(C)c1C. The van der Waals surface area contributed by atoms with Gasteiger partial charge < -0.3 is 15.0 Å². The summed E-state index contributed by atoms with van der Waals surface area (Å²) in [6.07, 6.45) is 0.485. The number of nitrogens with zero attached hydrogens (tertiary/aromatic N) is 1. The standard InChI is InChI=1S/C22H27ClN2O3/c1-5-19(22(27)24-4)25(13-17-10-6-7-11-18(17)23)21(26)14-28-20-12-8-9-15(2)16(20)3/h6-12,19H,5,13-14H2,1-4H3,(H,24,27)/t19-/m0/s1. The first-order valence-corrected chi connectivity index (χ1v) is 9.70. The summed E-state index contributed by atoms with van der Waals surface area (Å²) in [5.74, 6) is 0.185. The van der Waals surface area contributed by atoms with Crippen LogP contribution in [0.2, 0.25) is 5.02 Å². The van der Waals surface area contributed by atoms with Crippen molar-refractivity contribution in [2.75, 3.05) is 13.7 Å². The quantitative estimate of drug-likeness (QED) is 0.728. The highest BCUT2D eigenvalue weighted by molar-refractivity contribution is 6.31. The first kappa shape index (κ1) is 21.8. The van der Waals surface area contributed by atoms with Crippen molar-refractivity contribution in [2.24, 2.45) is 0 Å². The van der Waals surface area contributed by atoms with Gasteiger partial charge >= 0.3 is 0 Å². The summed E-state index contributed by atoms with van der Waals surface area (Å²) in [7, 11) is 1.57. The van der Waals surface area contributed by atoms with Gasteiger partial charge in [-0.15, -0.1) is 0 Å². The maximum atomic E-state index is 13.0. The Balaban J connectivity index is 2.24. The van der Waals surface area contributed by atoms with E-state index in [0.29, 0.717) is 17.2 Å². The predicted octanol–water partition coefficient (Wildman–Crippen LogP) is 3.89. The normalized spacial score (nSPS) is 11.6. The minimum atomic E-state index is -0.601. The molecular weight excluding hydrogens is 376 g/mol. The maximum Gasteiger partial charge on any atom is 0.261 e. The number of rotatable bonds is 8. The van der Waals surface area contributed by atoms with Gasteiger partial charge in [0.05, 0.1) is 0 Å². The number of hydrogen-bond acceptors (Lipinski definition) is 3. The molecule has 0 radical (unpaired) electrons. The molecule has 0 heterocycles. The van der Waals surface area contributed by atoms with Crippen LogP contribution in [0.25, 0.3) is 0 Å². The fourth-order valence-electron chi connectivity index (χ4n) is 3.00. The summed E-state index contributed by atoms with van der Waals surface area (Å²) in [6.45, 7) is 5.91. The molecule has 150 valence electrons. The maximum absolute atomic E-state index is 13.0. The van der Waals surface area contributed by atoms with Crippen LogP contribution in [0.3, 0.4) is 0 Å². The van der Waals surface area contributed by atoms with Gasteiger partial charge in [-0.1, -0.05) is 48.9 Å². The lowest BCUT2D eigenvalue weighted by Crippen LogP contribution is -2.49. The molecule has 6 heteroatoms. The molecule has 2 aromatic rings. The first-order chi connectivity index (χ1) is 13.4. The van der Waals surface area contributed by atoms with Gasteiger partial charge in [0.1, 0.15) is 11.8 Å². The summed E-state index contributed by atoms with van der Waals surface area (Å²) in [5.41, 5.74) is 2.87. The number of likely N-dealkylation sites (N-methyl/N-ethyl adjacent to an activating group) is 1. The van der Waals surface area contributed by atoms with Gasteiger partial charge in [-0.2, -0.15) is 0 Å². The number of hydrogen-bond donors (Lipinski definition) is 1. The van der Waals surface area contributed by atoms with Gasteiger partial charge in [0.25, 0.3) is 5.91 Å². The number of benzene rings is 2. The molecular formula is C22H27ClN2O3. The Morgan fingerprint density at radius 1 is 1.14 bits per heavy atom. The van der Waals surface area contributed by atoms with E-state index < -0.39 is 6.04 Å². The topological polar surface area (TPSA) is 58.6 Å². The smallest absolute Gasteiger partial charge is 0.261 e. The molecule has 0 unspecified atom stereocenters. The molecule has 0 spiro atoms. The average Bonchev–Trinajstić information content (AvgIpc) is 2.69. The molecule has 2 amide bonds. The zero-order valence-electron chi connectivity index (χ0n) is 16.8. The molecule has 2 aromatic carbocycles. The Morgan fingerprint density at radius 3 is 2.50 bits per heavy atom. The van der Waals surface area contributed by atoms with Crippen molar-refractivity contribution in [1.82, 2.24) is 10.2 Å². The lowest BCUT2D eigenvalue weighted by atomic mass is 10.1. The van der Waals surface area contributed by atoms with Crippen LogP contribution in [0.5, 0.6) is 5.75 Å². The zero-order chi connectivity index (χ0) is 20.7. The van der Waals surface area contributed by atoms with Crippen LogP contribution in [0.1, 0.15) is 30.0 Å². The van der Waals surface area contributed by atoms with Crippen molar-refractivity contribution in [3.63, 3.8) is 0 Å². The lowest BCUT2D eigenvalue weighted by molar-refractivity contribution is -0.142. The van der Waals surface area contributed by atoms with Crippen LogP contribution in [-0.4, -0.2) is 36.4 Å². The molecule has 1 atom stereocenters. The average molecular weight is 403 g/mol. The molecule has 0 aliphatic heterocycles. The summed E-state index contributed by atoms with van der Waals surface area (Å²) in [4.78, 5) is 26.9. The summed E-state index contributed by atoms with van der Waals surface area (Å²) in [5, 5.41) is 3.19. The molecule has 0 saturated carbocycles. The minimum absolute atomic E-state index is 0.151. The largest absolute Gasteiger partial charge is 0.483 e. The second-order valence-corrected chi connectivity index (χ2v) is 7.05. The lowest BCUT2D eigenvalue weighted by Gasteiger charge is -2.30. The Kier molecular flexibility index (Phi) is 7.88. The third-order valence-corrected chi connectivity index (χ3v) is 5.21. The highest BCUT2D eigenvalue weighted by Gasteiger charge is 2.28. The van der Waals surface area contributed by atoms with Crippen molar-refractivity contribution >= 4 is 23.4 Å². The van der Waals surface area contributed by atoms with Gasteiger partial charge in [-0.05, 0) is 49.1 Å². The van der Waals surface area contributed by atoms with E-state index in [2.05, 4.69) is 5.32 Å². The zero-order valence-corrected chi connectivity index (χ0v) is 17.5. The van der Waals surface area contributed by atoms with Crippen LogP contribution in [-0.2, 0) is 16.1 Å². The third-order valence-electron chi connectivity index (χ3n) is 4.84. The second-order valence-electron chi connectivity index (χ2n) is 6.64. The molecule has 0 fully saturated rings. The minimum Gasteiger partial charge on any atom is -0.483 e. The van der Waals surface area contributed by atoms with Crippen molar-refractivity contribution in [2.45, 2.75) is 39.8 Å². The number of amides is 2. The first-order valence-electron chi connectivity index (χ1n) is 9.32. The van der Waals surface area contributed by atoms with Crippen molar-refractivity contribution in [3.8, 4) is 5.75 Å². The molecule has 1 N–H and O–H groups in total. The predicted molar refractivity (Wildman–Crippen MR) is 112 cm³/mol.